The van der Waals surface area contributed by atoms with Gasteiger partial charge in [-0.1, -0.05) is 30.3 Å². The van der Waals surface area contributed by atoms with E-state index in [-0.39, 0.29) is 12.5 Å². The van der Waals surface area contributed by atoms with E-state index in [0.29, 0.717) is 17.9 Å². The first kappa shape index (κ1) is 14.3. The van der Waals surface area contributed by atoms with E-state index in [1.807, 2.05) is 11.0 Å². The fourth-order valence-electron chi connectivity index (χ4n) is 4.10. The molecule has 2 aliphatic heterocycles. The lowest BCUT2D eigenvalue weighted by atomic mass is 9.90. The van der Waals surface area contributed by atoms with Crippen molar-refractivity contribution in [1.82, 2.24) is 30.0 Å². The number of nitrogens with zero attached hydrogens (tertiary/aromatic N) is 6. The summed E-state index contributed by atoms with van der Waals surface area (Å²) in [7, 11) is 2.18. The van der Waals surface area contributed by atoms with Crippen LogP contribution in [0.3, 0.4) is 0 Å². The zero-order valence-corrected chi connectivity index (χ0v) is 13.1. The maximum absolute atomic E-state index is 12.5. The molecular formula is C16H20N6O. The van der Waals surface area contributed by atoms with E-state index in [2.05, 4.69) is 51.7 Å². The second-order valence-electron chi connectivity index (χ2n) is 6.53. The number of amides is 1. The standard InChI is InChI=1S/C16H20N6O/c1-20-7-13-8-21(15(23)10-22-11-17-18-19-22)9-14(13)16(20)12-5-3-2-4-6-12/h2-6,11,13-14,16H,7-10H2,1H3/t13-,14+,16-/m0/s1. The summed E-state index contributed by atoms with van der Waals surface area (Å²) in [6, 6.07) is 11.0. The molecule has 120 valence electrons. The van der Waals surface area contributed by atoms with Gasteiger partial charge in [-0.2, -0.15) is 0 Å². The highest BCUT2D eigenvalue weighted by Crippen LogP contribution is 2.43. The minimum Gasteiger partial charge on any atom is -0.340 e. The normalized spacial score (nSPS) is 27.3. The fraction of sp³-hybridized carbons (Fsp3) is 0.500. The topological polar surface area (TPSA) is 67.2 Å². The molecule has 1 aromatic heterocycles. The second kappa shape index (κ2) is 5.73. The Labute approximate surface area is 134 Å². The number of fused-ring (bicyclic) bond motifs is 1. The molecule has 3 atom stereocenters. The third-order valence-corrected chi connectivity index (χ3v) is 5.08. The van der Waals surface area contributed by atoms with Crippen molar-refractivity contribution < 1.29 is 4.79 Å². The average Bonchev–Trinajstić information content (AvgIpc) is 3.24. The minimum atomic E-state index is 0.0983. The van der Waals surface area contributed by atoms with Crippen LogP contribution < -0.4 is 0 Å². The first-order chi connectivity index (χ1) is 11.2. The van der Waals surface area contributed by atoms with Crippen LogP contribution in [0.25, 0.3) is 0 Å². The Morgan fingerprint density at radius 2 is 2.04 bits per heavy atom. The lowest BCUT2D eigenvalue weighted by Gasteiger charge is -2.26. The Morgan fingerprint density at radius 1 is 1.22 bits per heavy atom. The quantitative estimate of drug-likeness (QED) is 0.822. The Hall–Kier alpha value is -2.28. The summed E-state index contributed by atoms with van der Waals surface area (Å²) in [5, 5.41) is 10.9. The lowest BCUT2D eigenvalue weighted by molar-refractivity contribution is -0.131. The number of carbonyl (C=O) groups excluding carboxylic acids is 1. The van der Waals surface area contributed by atoms with E-state index < -0.39 is 0 Å². The van der Waals surface area contributed by atoms with Crippen molar-refractivity contribution in [3.05, 3.63) is 42.2 Å². The molecule has 1 aromatic carbocycles. The zero-order chi connectivity index (χ0) is 15.8. The molecule has 4 rings (SSSR count). The van der Waals surface area contributed by atoms with Crippen molar-refractivity contribution >= 4 is 5.91 Å². The molecule has 0 saturated carbocycles. The van der Waals surface area contributed by atoms with Crippen LogP contribution in [0.2, 0.25) is 0 Å². The monoisotopic (exact) mass is 312 g/mol. The van der Waals surface area contributed by atoms with Gasteiger partial charge >= 0.3 is 0 Å². The SMILES string of the molecule is CN1C[C@H]2CN(C(=O)Cn3cnnn3)C[C@H]2[C@@H]1c1ccccc1. The minimum absolute atomic E-state index is 0.0983. The van der Waals surface area contributed by atoms with Crippen LogP contribution >= 0.6 is 0 Å². The highest BCUT2D eigenvalue weighted by Gasteiger charge is 2.47. The van der Waals surface area contributed by atoms with Crippen molar-refractivity contribution in [2.24, 2.45) is 11.8 Å². The zero-order valence-electron chi connectivity index (χ0n) is 13.1. The van der Waals surface area contributed by atoms with Gasteiger partial charge in [0.25, 0.3) is 0 Å². The number of likely N-dealkylation sites (tertiary alicyclic amines) is 2. The lowest BCUT2D eigenvalue weighted by Crippen LogP contribution is -2.35. The van der Waals surface area contributed by atoms with Gasteiger partial charge in [-0.05, 0) is 29.0 Å². The van der Waals surface area contributed by atoms with Gasteiger partial charge in [0.1, 0.15) is 12.9 Å². The maximum atomic E-state index is 12.5. The summed E-state index contributed by atoms with van der Waals surface area (Å²) in [6.45, 7) is 2.91. The molecule has 2 saturated heterocycles. The number of hydrogen-bond donors (Lipinski definition) is 0. The Bertz CT molecular complexity index is 673. The average molecular weight is 312 g/mol. The Kier molecular flexibility index (Phi) is 3.57. The summed E-state index contributed by atoms with van der Waals surface area (Å²) >= 11 is 0. The molecule has 0 N–H and O–H groups in total. The molecule has 0 spiro atoms. The number of aromatic nitrogens is 4. The van der Waals surface area contributed by atoms with E-state index in [1.54, 1.807) is 0 Å². The summed E-state index contributed by atoms with van der Waals surface area (Å²) < 4.78 is 1.48. The van der Waals surface area contributed by atoms with Gasteiger partial charge in [0.2, 0.25) is 5.91 Å². The molecule has 7 heteroatoms. The Morgan fingerprint density at radius 3 is 2.78 bits per heavy atom. The molecule has 1 amide bonds. The number of tetrazole rings is 1. The van der Waals surface area contributed by atoms with E-state index in [0.717, 1.165) is 19.6 Å². The van der Waals surface area contributed by atoms with Gasteiger partial charge in [-0.25, -0.2) is 4.68 Å². The van der Waals surface area contributed by atoms with Crippen LogP contribution in [-0.2, 0) is 11.3 Å². The molecule has 7 nitrogen and oxygen atoms in total. The fourth-order valence-corrected chi connectivity index (χ4v) is 4.10. The predicted octanol–water partition coefficient (Wildman–Crippen LogP) is 0.434. The second-order valence-corrected chi connectivity index (χ2v) is 6.53. The third-order valence-electron chi connectivity index (χ3n) is 5.08. The van der Waals surface area contributed by atoms with Gasteiger partial charge in [0.15, 0.2) is 0 Å². The number of rotatable bonds is 3. The molecule has 0 bridgehead atoms. The number of benzene rings is 1. The molecule has 3 heterocycles. The number of carbonyl (C=O) groups is 1. The first-order valence-electron chi connectivity index (χ1n) is 7.96. The van der Waals surface area contributed by atoms with Crippen LogP contribution in [0.4, 0.5) is 0 Å². The summed E-state index contributed by atoms with van der Waals surface area (Å²) in [4.78, 5) is 16.9. The summed E-state index contributed by atoms with van der Waals surface area (Å²) in [6.07, 6.45) is 1.48. The number of hydrogen-bond acceptors (Lipinski definition) is 5. The smallest absolute Gasteiger partial charge is 0.244 e. The van der Waals surface area contributed by atoms with Crippen molar-refractivity contribution in [3.8, 4) is 0 Å². The first-order valence-corrected chi connectivity index (χ1v) is 7.96. The van der Waals surface area contributed by atoms with E-state index >= 15 is 0 Å². The van der Waals surface area contributed by atoms with E-state index in [4.69, 9.17) is 0 Å². The van der Waals surface area contributed by atoms with Crippen LogP contribution in [0.1, 0.15) is 11.6 Å². The van der Waals surface area contributed by atoms with Crippen LogP contribution in [0.15, 0.2) is 36.7 Å². The molecular weight excluding hydrogens is 292 g/mol. The highest BCUT2D eigenvalue weighted by atomic mass is 16.2. The van der Waals surface area contributed by atoms with Crippen molar-refractivity contribution in [3.63, 3.8) is 0 Å². The van der Waals surface area contributed by atoms with Gasteiger partial charge < -0.3 is 4.90 Å². The largest absolute Gasteiger partial charge is 0.340 e. The molecule has 0 aliphatic carbocycles. The van der Waals surface area contributed by atoms with Gasteiger partial charge in [-0.15, -0.1) is 5.10 Å². The van der Waals surface area contributed by atoms with Gasteiger partial charge in [-0.3, -0.25) is 9.69 Å². The van der Waals surface area contributed by atoms with Crippen molar-refractivity contribution in [2.75, 3.05) is 26.7 Å². The molecule has 0 unspecified atom stereocenters. The summed E-state index contributed by atoms with van der Waals surface area (Å²) in [5.41, 5.74) is 1.34. The van der Waals surface area contributed by atoms with Crippen LogP contribution in [0, 0.1) is 11.8 Å². The molecule has 2 fully saturated rings. The molecule has 2 aliphatic rings. The molecule has 2 aromatic rings. The predicted molar refractivity (Wildman–Crippen MR) is 83.2 cm³/mol. The van der Waals surface area contributed by atoms with Gasteiger partial charge in [0, 0.05) is 31.6 Å². The molecule has 23 heavy (non-hydrogen) atoms. The third kappa shape index (κ3) is 2.61. The van der Waals surface area contributed by atoms with E-state index in [1.165, 1.54) is 16.6 Å². The summed E-state index contributed by atoms with van der Waals surface area (Å²) in [5.74, 6) is 1.14. The van der Waals surface area contributed by atoms with E-state index in [9.17, 15) is 4.79 Å². The van der Waals surface area contributed by atoms with Crippen molar-refractivity contribution in [1.29, 1.82) is 0 Å². The van der Waals surface area contributed by atoms with Crippen molar-refractivity contribution in [2.45, 2.75) is 12.6 Å². The van der Waals surface area contributed by atoms with Crippen LogP contribution in [0.5, 0.6) is 0 Å². The Balaban J connectivity index is 1.48. The maximum Gasteiger partial charge on any atom is 0.244 e. The van der Waals surface area contributed by atoms with Crippen LogP contribution in [-0.4, -0.2) is 62.6 Å². The highest BCUT2D eigenvalue weighted by molar-refractivity contribution is 5.76. The molecule has 0 radical (unpaired) electrons. The van der Waals surface area contributed by atoms with Gasteiger partial charge in [0.05, 0.1) is 0 Å².